The molecule has 18 heavy (non-hydrogen) atoms. The van der Waals surface area contributed by atoms with Crippen LogP contribution in [-0.4, -0.2) is 15.0 Å². The van der Waals surface area contributed by atoms with E-state index in [0.717, 1.165) is 20.7 Å². The minimum absolute atomic E-state index is 0.690. The number of hydrogen-bond acceptors (Lipinski definition) is 4. The number of rotatable bonds is 2. The van der Waals surface area contributed by atoms with Crippen molar-refractivity contribution >= 4 is 27.3 Å². The molecule has 0 saturated carbocycles. The molecule has 3 aromatic rings. The summed E-state index contributed by atoms with van der Waals surface area (Å²) in [6, 6.07) is 11.9. The highest BCUT2D eigenvalue weighted by molar-refractivity contribution is 9.10. The summed E-state index contributed by atoms with van der Waals surface area (Å²) >= 11 is 5.07. The number of thiophene rings is 1. The number of nitrogens with zero attached hydrogens (tertiary/aromatic N) is 3. The summed E-state index contributed by atoms with van der Waals surface area (Å²) in [4.78, 5) is 14.0. The summed E-state index contributed by atoms with van der Waals surface area (Å²) in [5, 5.41) is 2.01. The van der Waals surface area contributed by atoms with Gasteiger partial charge in [-0.2, -0.15) is 0 Å². The second kappa shape index (κ2) is 4.96. The van der Waals surface area contributed by atoms with Crippen molar-refractivity contribution < 1.29 is 0 Å². The Labute approximate surface area is 117 Å². The molecule has 3 nitrogen and oxygen atoms in total. The van der Waals surface area contributed by atoms with Gasteiger partial charge in [0.25, 0.3) is 0 Å². The van der Waals surface area contributed by atoms with Gasteiger partial charge in [0.1, 0.15) is 6.33 Å². The normalized spacial score (nSPS) is 10.5. The van der Waals surface area contributed by atoms with Crippen molar-refractivity contribution in [1.82, 2.24) is 15.0 Å². The third-order valence-electron chi connectivity index (χ3n) is 2.40. The van der Waals surface area contributed by atoms with Crippen LogP contribution in [0, 0.1) is 0 Å². The van der Waals surface area contributed by atoms with Gasteiger partial charge in [0.2, 0.25) is 0 Å². The zero-order chi connectivity index (χ0) is 12.4. The summed E-state index contributed by atoms with van der Waals surface area (Å²) in [7, 11) is 0. The molecule has 0 amide bonds. The summed E-state index contributed by atoms with van der Waals surface area (Å²) in [5.41, 5.74) is 0.976. The van der Waals surface area contributed by atoms with Gasteiger partial charge < -0.3 is 0 Å². The summed E-state index contributed by atoms with van der Waals surface area (Å²) in [6.45, 7) is 0. The standard InChI is InChI=1S/C13H8BrN3S/c14-10-4-1-3-9(7-10)12-15-8-16-13(17-12)11-5-2-6-18-11/h1-8H. The van der Waals surface area contributed by atoms with Crippen LogP contribution in [0.1, 0.15) is 0 Å². The monoisotopic (exact) mass is 317 g/mol. The average molecular weight is 318 g/mol. The predicted molar refractivity (Wildman–Crippen MR) is 76.3 cm³/mol. The van der Waals surface area contributed by atoms with Crippen molar-refractivity contribution in [3.8, 4) is 22.1 Å². The van der Waals surface area contributed by atoms with Gasteiger partial charge in [-0.25, -0.2) is 15.0 Å². The molecular weight excluding hydrogens is 310 g/mol. The highest BCUT2D eigenvalue weighted by atomic mass is 79.9. The van der Waals surface area contributed by atoms with E-state index in [9.17, 15) is 0 Å². The van der Waals surface area contributed by atoms with Gasteiger partial charge in [0, 0.05) is 10.0 Å². The first kappa shape index (κ1) is 11.5. The maximum atomic E-state index is 4.49. The fourth-order valence-corrected chi connectivity index (χ4v) is 2.65. The third kappa shape index (κ3) is 2.32. The Morgan fingerprint density at radius 1 is 1.00 bits per heavy atom. The Morgan fingerprint density at radius 2 is 1.89 bits per heavy atom. The van der Waals surface area contributed by atoms with E-state index in [1.54, 1.807) is 17.7 Å². The van der Waals surface area contributed by atoms with Crippen molar-refractivity contribution in [2.45, 2.75) is 0 Å². The molecule has 0 bridgehead atoms. The SMILES string of the molecule is Brc1cccc(-c2ncnc(-c3cccs3)n2)c1. The third-order valence-corrected chi connectivity index (χ3v) is 3.76. The van der Waals surface area contributed by atoms with Crippen molar-refractivity contribution in [1.29, 1.82) is 0 Å². The molecule has 2 aromatic heterocycles. The van der Waals surface area contributed by atoms with Gasteiger partial charge in [-0.15, -0.1) is 11.3 Å². The van der Waals surface area contributed by atoms with Gasteiger partial charge in [-0.05, 0) is 23.6 Å². The molecule has 3 rings (SSSR count). The minimum atomic E-state index is 0.690. The second-order valence-corrected chi connectivity index (χ2v) is 5.48. The van der Waals surface area contributed by atoms with Crippen LogP contribution in [0.15, 0.2) is 52.6 Å². The van der Waals surface area contributed by atoms with Crippen LogP contribution < -0.4 is 0 Å². The van der Waals surface area contributed by atoms with Gasteiger partial charge in [0.05, 0.1) is 4.88 Å². The quantitative estimate of drug-likeness (QED) is 0.716. The van der Waals surface area contributed by atoms with E-state index in [4.69, 9.17) is 0 Å². The Bertz CT molecular complexity index is 668. The Balaban J connectivity index is 2.06. The highest BCUT2D eigenvalue weighted by Crippen LogP contribution is 2.24. The molecule has 0 N–H and O–H groups in total. The minimum Gasteiger partial charge on any atom is -0.217 e. The van der Waals surface area contributed by atoms with Crippen LogP contribution in [0.25, 0.3) is 22.1 Å². The molecule has 0 radical (unpaired) electrons. The van der Waals surface area contributed by atoms with E-state index in [1.807, 2.05) is 41.8 Å². The molecule has 0 aliphatic carbocycles. The lowest BCUT2D eigenvalue weighted by molar-refractivity contribution is 1.07. The Morgan fingerprint density at radius 3 is 2.67 bits per heavy atom. The smallest absolute Gasteiger partial charge is 0.173 e. The maximum Gasteiger partial charge on any atom is 0.173 e. The van der Waals surface area contributed by atoms with E-state index in [-0.39, 0.29) is 0 Å². The molecule has 0 aliphatic rings. The van der Waals surface area contributed by atoms with E-state index >= 15 is 0 Å². The summed E-state index contributed by atoms with van der Waals surface area (Å²) < 4.78 is 1.01. The Hall–Kier alpha value is -1.59. The van der Waals surface area contributed by atoms with Gasteiger partial charge >= 0.3 is 0 Å². The van der Waals surface area contributed by atoms with Gasteiger partial charge in [0.15, 0.2) is 11.6 Å². The summed E-state index contributed by atoms with van der Waals surface area (Å²) in [6.07, 6.45) is 1.55. The fraction of sp³-hybridized carbons (Fsp3) is 0. The Kier molecular flexibility index (Phi) is 3.17. The molecule has 0 atom stereocenters. The molecule has 5 heteroatoms. The first-order chi connectivity index (χ1) is 8.83. The lowest BCUT2D eigenvalue weighted by Gasteiger charge is -2.02. The molecule has 0 fully saturated rings. The van der Waals surface area contributed by atoms with Crippen LogP contribution >= 0.6 is 27.3 Å². The first-order valence-electron chi connectivity index (χ1n) is 5.32. The van der Waals surface area contributed by atoms with Crippen molar-refractivity contribution in [3.05, 3.63) is 52.6 Å². The zero-order valence-corrected chi connectivity index (χ0v) is 11.6. The van der Waals surface area contributed by atoms with Crippen LogP contribution in [0.3, 0.4) is 0 Å². The summed E-state index contributed by atoms with van der Waals surface area (Å²) in [5.74, 6) is 1.41. The zero-order valence-electron chi connectivity index (χ0n) is 9.25. The molecular formula is C13H8BrN3S. The largest absolute Gasteiger partial charge is 0.217 e. The number of halogens is 1. The van der Waals surface area contributed by atoms with Gasteiger partial charge in [-0.3, -0.25) is 0 Å². The number of aromatic nitrogens is 3. The number of hydrogen-bond donors (Lipinski definition) is 0. The van der Waals surface area contributed by atoms with Gasteiger partial charge in [-0.1, -0.05) is 34.1 Å². The van der Waals surface area contributed by atoms with Crippen molar-refractivity contribution in [2.24, 2.45) is 0 Å². The topological polar surface area (TPSA) is 38.7 Å². The van der Waals surface area contributed by atoms with Crippen LogP contribution in [0.5, 0.6) is 0 Å². The van der Waals surface area contributed by atoms with Crippen LogP contribution in [-0.2, 0) is 0 Å². The maximum absolute atomic E-state index is 4.49. The molecule has 2 heterocycles. The van der Waals surface area contributed by atoms with Crippen LogP contribution in [0.4, 0.5) is 0 Å². The molecule has 0 aliphatic heterocycles. The molecule has 88 valence electrons. The average Bonchev–Trinajstić information content (AvgIpc) is 2.93. The fourth-order valence-electron chi connectivity index (χ4n) is 1.59. The second-order valence-electron chi connectivity index (χ2n) is 3.62. The molecule has 0 saturated heterocycles. The highest BCUT2D eigenvalue weighted by Gasteiger charge is 2.06. The molecule has 0 unspecified atom stereocenters. The number of benzene rings is 1. The van der Waals surface area contributed by atoms with E-state index in [2.05, 4.69) is 30.9 Å². The van der Waals surface area contributed by atoms with Crippen molar-refractivity contribution in [3.63, 3.8) is 0 Å². The molecule has 0 spiro atoms. The van der Waals surface area contributed by atoms with Crippen molar-refractivity contribution in [2.75, 3.05) is 0 Å². The van der Waals surface area contributed by atoms with E-state index in [0.29, 0.717) is 5.82 Å². The lowest BCUT2D eigenvalue weighted by Crippen LogP contribution is -1.93. The van der Waals surface area contributed by atoms with E-state index < -0.39 is 0 Å². The predicted octanol–water partition coefficient (Wildman–Crippen LogP) is 4.03. The molecule has 1 aromatic carbocycles. The van der Waals surface area contributed by atoms with Crippen LogP contribution in [0.2, 0.25) is 0 Å². The van der Waals surface area contributed by atoms with E-state index in [1.165, 1.54) is 0 Å². The first-order valence-corrected chi connectivity index (χ1v) is 6.99. The lowest BCUT2D eigenvalue weighted by atomic mass is 10.2.